The number of nitrogens with two attached hydrogens (primary N) is 3. The Morgan fingerprint density at radius 3 is 1.95 bits per heavy atom. The van der Waals surface area contributed by atoms with Crippen molar-refractivity contribution in [1.29, 1.82) is 0 Å². The lowest BCUT2D eigenvalue weighted by Gasteiger charge is -2.34. The van der Waals surface area contributed by atoms with Gasteiger partial charge in [0.1, 0.15) is 48.3 Å². The van der Waals surface area contributed by atoms with Crippen LogP contribution in [0.15, 0.2) is 24.3 Å². The summed E-state index contributed by atoms with van der Waals surface area (Å²) in [6, 6.07) is -0.174. The summed E-state index contributed by atoms with van der Waals surface area (Å²) in [5.74, 6) is -3.51. The second-order valence-corrected chi connectivity index (χ2v) is 18.9. The maximum Gasteiger partial charge on any atom is 0.278 e. The number of primary amides is 1. The van der Waals surface area contributed by atoms with Gasteiger partial charge in [-0.1, -0.05) is 78.4 Å². The number of benzene rings is 1. The number of likely N-dealkylation sites (tertiary alicyclic amines) is 2. The van der Waals surface area contributed by atoms with Crippen LogP contribution < -0.4 is 49.5 Å². The predicted octanol–water partition coefficient (Wildman–Crippen LogP) is -0.415. The molecule has 0 spiro atoms. The topological polar surface area (TPSA) is 312 Å². The third-order valence-electron chi connectivity index (χ3n) is 13.2. The van der Waals surface area contributed by atoms with Gasteiger partial charge < -0.3 is 59.1 Å². The number of quaternary nitrogens is 1. The Morgan fingerprint density at radius 1 is 0.754 bits per heavy atom. The summed E-state index contributed by atoms with van der Waals surface area (Å²) in [4.78, 5) is 100. The minimum absolute atomic E-state index is 0.0541. The van der Waals surface area contributed by atoms with Gasteiger partial charge in [-0.15, -0.1) is 0 Å². The summed E-state index contributed by atoms with van der Waals surface area (Å²) in [7, 11) is 0. The molecule has 0 unspecified atom stereocenters. The van der Waals surface area contributed by atoms with E-state index in [-0.39, 0.29) is 42.9 Å². The van der Waals surface area contributed by atoms with Crippen molar-refractivity contribution in [2.45, 2.75) is 173 Å². The first-order valence-electron chi connectivity index (χ1n) is 23.9. The number of phenolic OH excluding ortho intramolecular Hbond substituents is 1. The molecule has 1 saturated carbocycles. The van der Waals surface area contributed by atoms with Crippen molar-refractivity contribution < 1.29 is 44.4 Å². The highest BCUT2D eigenvalue weighted by molar-refractivity contribution is 5.97. The number of carbonyl (C=O) groups excluding carboxylic acids is 7. The fourth-order valence-corrected chi connectivity index (χ4v) is 9.35. The van der Waals surface area contributed by atoms with Gasteiger partial charge in [0.25, 0.3) is 5.91 Å². The largest absolute Gasteiger partial charge is 0.508 e. The molecule has 0 aromatic heterocycles. The normalized spacial score (nSPS) is 20.7. The van der Waals surface area contributed by atoms with Crippen LogP contribution in [0, 0.1) is 17.8 Å². The molecule has 19 nitrogen and oxygen atoms in total. The number of rotatable bonds is 24. The highest BCUT2D eigenvalue weighted by Gasteiger charge is 2.43. The van der Waals surface area contributed by atoms with Crippen LogP contribution in [0.5, 0.6) is 5.75 Å². The molecule has 0 bridgehead atoms. The van der Waals surface area contributed by atoms with Gasteiger partial charge in [0.2, 0.25) is 35.4 Å². The minimum atomic E-state index is -1.07. The third kappa shape index (κ3) is 15.9. The molecular weight excluding hydrogens is 835 g/mol. The smallest absolute Gasteiger partial charge is 0.278 e. The van der Waals surface area contributed by atoms with Crippen LogP contribution >= 0.6 is 0 Å². The van der Waals surface area contributed by atoms with Crippen molar-refractivity contribution in [2.75, 3.05) is 19.6 Å². The van der Waals surface area contributed by atoms with E-state index in [4.69, 9.17) is 17.2 Å². The van der Waals surface area contributed by atoms with Crippen molar-refractivity contribution in [3.05, 3.63) is 29.8 Å². The molecule has 2 aliphatic heterocycles. The zero-order chi connectivity index (χ0) is 47.8. The van der Waals surface area contributed by atoms with E-state index < -0.39 is 89.9 Å². The molecule has 65 heavy (non-hydrogen) atoms. The van der Waals surface area contributed by atoms with Gasteiger partial charge in [0.05, 0.1) is 0 Å². The lowest BCUT2D eigenvalue weighted by molar-refractivity contribution is -0.406. The maximum atomic E-state index is 14.7. The van der Waals surface area contributed by atoms with Crippen molar-refractivity contribution >= 4 is 41.4 Å². The van der Waals surface area contributed by atoms with Crippen LogP contribution in [0.25, 0.3) is 0 Å². The fourth-order valence-electron chi connectivity index (χ4n) is 9.35. The zero-order valence-electron chi connectivity index (χ0n) is 39.0. The van der Waals surface area contributed by atoms with Gasteiger partial charge in [-0.2, -0.15) is 0 Å². The maximum absolute atomic E-state index is 14.7. The number of amides is 7. The van der Waals surface area contributed by atoms with Crippen LogP contribution in [-0.4, -0.2) is 124 Å². The summed E-state index contributed by atoms with van der Waals surface area (Å²) in [5.41, 5.74) is 21.6. The van der Waals surface area contributed by atoms with E-state index in [0.29, 0.717) is 70.0 Å². The van der Waals surface area contributed by atoms with Crippen molar-refractivity contribution in [2.24, 2.45) is 35.0 Å². The van der Waals surface area contributed by atoms with E-state index in [1.165, 1.54) is 21.9 Å². The number of carbonyl (C=O) groups is 7. The molecular formula is C46H78N11O8+. The Hall–Kier alpha value is -4.85. The van der Waals surface area contributed by atoms with Gasteiger partial charge in [0.15, 0.2) is 6.04 Å². The molecule has 8 atom stereocenters. The predicted molar refractivity (Wildman–Crippen MR) is 244 cm³/mol. The van der Waals surface area contributed by atoms with E-state index in [0.717, 1.165) is 32.1 Å². The fraction of sp³-hybridized carbons (Fsp3) is 0.717. The van der Waals surface area contributed by atoms with E-state index in [1.54, 1.807) is 12.1 Å². The lowest BCUT2D eigenvalue weighted by atomic mass is 9.84. The molecule has 15 N–H and O–H groups in total. The monoisotopic (exact) mass is 913 g/mol. The van der Waals surface area contributed by atoms with E-state index in [1.807, 2.05) is 27.7 Å². The Kier molecular flexibility index (Phi) is 20.9. The Morgan fingerprint density at radius 2 is 1.35 bits per heavy atom. The van der Waals surface area contributed by atoms with E-state index >= 15 is 0 Å². The highest BCUT2D eigenvalue weighted by atomic mass is 16.3. The lowest BCUT2D eigenvalue weighted by Crippen LogP contribution is -2.69. The molecule has 1 aliphatic carbocycles. The SMILES string of the molecule is CC[C@H](C)[C@H](NC(=O)[C@H](CC1CCCCC1)NC(=O)[C@H](Cc1ccc(O)cc1)NC(=O)[C@@H]([NH3+])CC(C)C)C(=O)N1CCC[C@H]1C(=O)N[C@@H](CCCNC(N)N)C(=O)N1CCC[C@H]1C(N)=O. The standard InChI is InChI=1S/C46H77N11O8/c1-5-28(4)38(45(65)57-23-11-16-37(57)43(63)52-33(14-9-21-51-46(49)50)44(64)56-22-10-15-36(56)39(48)59)55-42(62)35(25-29-12-7-6-8-13-29)54-41(61)34(26-30-17-19-31(58)20-18-30)53-40(60)32(47)24-27(2)3/h17-20,27-29,32-38,46,51,58H,5-16,21-26,47,49-50H2,1-4H3,(H2,48,59)(H,52,63)(H,53,60)(H,54,61)(H,55,62)/p+1/t28-,32-,33-,34-,35-,36-,37-,38-/m0/s1. The molecule has 1 aromatic carbocycles. The first-order chi connectivity index (χ1) is 30.9. The number of hydrogen-bond donors (Lipinski definition) is 10. The van der Waals surface area contributed by atoms with Crippen LogP contribution in [0.4, 0.5) is 0 Å². The second kappa shape index (κ2) is 25.7. The van der Waals surface area contributed by atoms with Crippen molar-refractivity contribution in [3.63, 3.8) is 0 Å². The van der Waals surface area contributed by atoms with Crippen molar-refractivity contribution in [3.8, 4) is 5.75 Å². The molecule has 4 rings (SSSR count). The number of nitrogens with zero attached hydrogens (tertiary/aromatic N) is 2. The molecule has 0 radical (unpaired) electrons. The molecule has 19 heteroatoms. The van der Waals surface area contributed by atoms with Crippen molar-refractivity contribution in [1.82, 2.24) is 36.4 Å². The van der Waals surface area contributed by atoms with Gasteiger partial charge >= 0.3 is 0 Å². The molecule has 3 fully saturated rings. The molecule has 364 valence electrons. The number of aromatic hydroxyl groups is 1. The Bertz CT molecular complexity index is 1760. The van der Waals surface area contributed by atoms with Gasteiger partial charge in [-0.25, -0.2) is 0 Å². The summed E-state index contributed by atoms with van der Waals surface area (Å²) in [6.45, 7) is 8.65. The summed E-state index contributed by atoms with van der Waals surface area (Å²) >= 11 is 0. The highest BCUT2D eigenvalue weighted by Crippen LogP contribution is 2.28. The first kappa shape index (κ1) is 52.8. The van der Waals surface area contributed by atoms with Crippen LogP contribution in [0.2, 0.25) is 0 Å². The Labute approximate surface area is 384 Å². The Balaban J connectivity index is 1.56. The van der Waals surface area contributed by atoms with Crippen LogP contribution in [0.1, 0.15) is 123 Å². The summed E-state index contributed by atoms with van der Waals surface area (Å²) in [6.07, 6.45) is 7.99. The van der Waals surface area contributed by atoms with Gasteiger partial charge in [-0.3, -0.25) is 38.9 Å². The molecule has 3 aliphatic rings. The minimum Gasteiger partial charge on any atom is -0.508 e. The molecule has 7 amide bonds. The van der Waals surface area contributed by atoms with Crippen LogP contribution in [0.3, 0.4) is 0 Å². The summed E-state index contributed by atoms with van der Waals surface area (Å²) < 4.78 is 0. The van der Waals surface area contributed by atoms with Gasteiger partial charge in [-0.05, 0) is 86.9 Å². The van der Waals surface area contributed by atoms with Crippen LogP contribution in [-0.2, 0) is 40.0 Å². The molecule has 1 aromatic rings. The number of nitrogens with one attached hydrogen (secondary N) is 5. The van der Waals surface area contributed by atoms with E-state index in [2.05, 4.69) is 32.3 Å². The zero-order valence-corrected chi connectivity index (χ0v) is 39.0. The van der Waals surface area contributed by atoms with E-state index in [9.17, 15) is 38.7 Å². The first-order valence-corrected chi connectivity index (χ1v) is 23.9. The summed E-state index contributed by atoms with van der Waals surface area (Å²) in [5, 5.41) is 24.5. The average Bonchev–Trinajstić information content (AvgIpc) is 3.98. The number of hydrogen-bond acceptors (Lipinski definition) is 11. The molecule has 2 saturated heterocycles. The quantitative estimate of drug-likeness (QED) is 0.0470. The van der Waals surface area contributed by atoms with Gasteiger partial charge in [0, 0.05) is 25.9 Å². The second-order valence-electron chi connectivity index (χ2n) is 18.9. The molecule has 2 heterocycles. The third-order valence-corrected chi connectivity index (χ3v) is 13.2. The average molecular weight is 913 g/mol. The number of phenols is 1.